The van der Waals surface area contributed by atoms with E-state index in [2.05, 4.69) is 25.1 Å². The molecule has 1 aliphatic carbocycles. The van der Waals surface area contributed by atoms with Crippen LogP contribution in [0.3, 0.4) is 0 Å². The summed E-state index contributed by atoms with van der Waals surface area (Å²) in [5, 5.41) is 9.81. The van der Waals surface area contributed by atoms with Gasteiger partial charge in [-0.1, -0.05) is 19.1 Å². The van der Waals surface area contributed by atoms with E-state index >= 15 is 0 Å². The van der Waals surface area contributed by atoms with Crippen LogP contribution in [-0.4, -0.2) is 32.0 Å². The van der Waals surface area contributed by atoms with Crippen LogP contribution in [0, 0.1) is 5.41 Å². The fourth-order valence-electron chi connectivity index (χ4n) is 3.34. The van der Waals surface area contributed by atoms with E-state index in [-0.39, 0.29) is 17.4 Å². The highest BCUT2D eigenvalue weighted by atomic mass is 16.5. The zero-order chi connectivity index (χ0) is 13.5. The number of rotatable bonds is 5. The maximum Gasteiger partial charge on any atom is 0.122 e. The Morgan fingerprint density at radius 3 is 2.47 bits per heavy atom. The molecule has 0 atom stereocenters. The molecule has 1 aliphatic heterocycles. The Labute approximate surface area is 114 Å². The van der Waals surface area contributed by atoms with Crippen LogP contribution in [0.1, 0.15) is 30.9 Å². The Hall–Kier alpha value is -1.06. The second-order valence-corrected chi connectivity index (χ2v) is 5.90. The molecule has 0 aromatic heterocycles. The van der Waals surface area contributed by atoms with Gasteiger partial charge in [0, 0.05) is 17.6 Å². The van der Waals surface area contributed by atoms with E-state index < -0.39 is 0 Å². The van der Waals surface area contributed by atoms with Gasteiger partial charge in [-0.3, -0.25) is 0 Å². The minimum absolute atomic E-state index is 0.0187. The number of hydrogen-bond acceptors (Lipinski definition) is 3. The lowest BCUT2D eigenvalue weighted by Crippen LogP contribution is -2.55. The third-order valence-corrected chi connectivity index (χ3v) is 5.06. The maximum atomic E-state index is 9.81. The lowest BCUT2D eigenvalue weighted by Gasteiger charge is -2.48. The predicted molar refractivity (Wildman–Crippen MR) is 73.6 cm³/mol. The highest BCUT2D eigenvalue weighted by molar-refractivity contribution is 5.47. The molecular weight excluding hydrogens is 240 g/mol. The number of aliphatic hydroxyl groups is 1. The molecule has 0 unspecified atom stereocenters. The van der Waals surface area contributed by atoms with Gasteiger partial charge in [0.15, 0.2) is 0 Å². The number of aliphatic hydroxyl groups excluding tert-OH is 1. The SMILES string of the molecule is CCc1ccc(OC)c(C2(C3(CO)CC3)COC2)c1. The number of hydrogen-bond donors (Lipinski definition) is 1. The summed E-state index contributed by atoms with van der Waals surface area (Å²) in [7, 11) is 1.72. The highest BCUT2D eigenvalue weighted by Crippen LogP contribution is 2.63. The number of ether oxygens (including phenoxy) is 2. The second-order valence-electron chi connectivity index (χ2n) is 5.90. The van der Waals surface area contributed by atoms with Crippen LogP contribution in [0.2, 0.25) is 0 Å². The van der Waals surface area contributed by atoms with Gasteiger partial charge in [-0.2, -0.15) is 0 Å². The van der Waals surface area contributed by atoms with E-state index in [4.69, 9.17) is 9.47 Å². The number of benzene rings is 1. The van der Waals surface area contributed by atoms with Gasteiger partial charge in [-0.25, -0.2) is 0 Å². The standard InChI is InChI=1S/C16H22O3/c1-3-12-4-5-14(18-2)13(8-12)16(10-19-11-16)15(9-17)6-7-15/h4-5,8,17H,3,6-7,9-11H2,1-2H3. The highest BCUT2D eigenvalue weighted by Gasteiger charge is 2.64. The van der Waals surface area contributed by atoms with Crippen molar-refractivity contribution >= 4 is 0 Å². The zero-order valence-corrected chi connectivity index (χ0v) is 11.7. The summed E-state index contributed by atoms with van der Waals surface area (Å²) in [4.78, 5) is 0. The Morgan fingerprint density at radius 2 is 2.05 bits per heavy atom. The molecule has 3 rings (SSSR count). The van der Waals surface area contributed by atoms with E-state index in [1.807, 2.05) is 0 Å². The molecule has 2 aliphatic rings. The monoisotopic (exact) mass is 262 g/mol. The van der Waals surface area contributed by atoms with E-state index in [1.54, 1.807) is 7.11 Å². The zero-order valence-electron chi connectivity index (χ0n) is 11.7. The first kappa shape index (κ1) is 12.9. The van der Waals surface area contributed by atoms with Crippen molar-refractivity contribution in [1.29, 1.82) is 0 Å². The van der Waals surface area contributed by atoms with Gasteiger partial charge < -0.3 is 14.6 Å². The molecule has 19 heavy (non-hydrogen) atoms. The van der Waals surface area contributed by atoms with Gasteiger partial charge >= 0.3 is 0 Å². The van der Waals surface area contributed by atoms with Crippen molar-refractivity contribution in [2.75, 3.05) is 26.9 Å². The van der Waals surface area contributed by atoms with Crippen LogP contribution in [-0.2, 0) is 16.6 Å². The molecule has 0 spiro atoms. The van der Waals surface area contributed by atoms with Gasteiger partial charge in [0.2, 0.25) is 0 Å². The van der Waals surface area contributed by atoms with Crippen molar-refractivity contribution in [3.63, 3.8) is 0 Å². The molecular formula is C16H22O3. The summed E-state index contributed by atoms with van der Waals surface area (Å²) in [6, 6.07) is 6.42. The lowest BCUT2D eigenvalue weighted by atomic mass is 9.65. The van der Waals surface area contributed by atoms with Gasteiger partial charge in [0.25, 0.3) is 0 Å². The maximum absolute atomic E-state index is 9.81. The van der Waals surface area contributed by atoms with Crippen molar-refractivity contribution in [3.8, 4) is 5.75 Å². The predicted octanol–water partition coefficient (Wildman–Crippen LogP) is 2.30. The Morgan fingerprint density at radius 1 is 1.32 bits per heavy atom. The molecule has 2 fully saturated rings. The van der Waals surface area contributed by atoms with Gasteiger partial charge in [0.1, 0.15) is 5.75 Å². The van der Waals surface area contributed by atoms with Gasteiger partial charge in [0.05, 0.1) is 25.7 Å². The molecule has 1 saturated carbocycles. The van der Waals surface area contributed by atoms with E-state index in [9.17, 15) is 5.11 Å². The third-order valence-electron chi connectivity index (χ3n) is 5.06. The minimum Gasteiger partial charge on any atom is -0.496 e. The number of methoxy groups -OCH3 is 1. The topological polar surface area (TPSA) is 38.7 Å². The van der Waals surface area contributed by atoms with Gasteiger partial charge in [-0.05, 0) is 30.9 Å². The first-order valence-electron chi connectivity index (χ1n) is 7.07. The summed E-state index contributed by atoms with van der Waals surface area (Å²) >= 11 is 0. The number of aryl methyl sites for hydroxylation is 1. The molecule has 0 radical (unpaired) electrons. The molecule has 1 aromatic carbocycles. The fraction of sp³-hybridized carbons (Fsp3) is 0.625. The first-order valence-corrected chi connectivity index (χ1v) is 7.07. The molecule has 0 bridgehead atoms. The van der Waals surface area contributed by atoms with Crippen molar-refractivity contribution in [2.24, 2.45) is 5.41 Å². The lowest BCUT2D eigenvalue weighted by molar-refractivity contribution is -0.111. The summed E-state index contributed by atoms with van der Waals surface area (Å²) in [6.07, 6.45) is 3.19. The van der Waals surface area contributed by atoms with Crippen molar-refractivity contribution in [2.45, 2.75) is 31.6 Å². The first-order chi connectivity index (χ1) is 9.21. The molecule has 3 nitrogen and oxygen atoms in total. The van der Waals surface area contributed by atoms with Gasteiger partial charge in [-0.15, -0.1) is 0 Å². The molecule has 0 amide bonds. The van der Waals surface area contributed by atoms with Crippen molar-refractivity contribution in [3.05, 3.63) is 29.3 Å². The van der Waals surface area contributed by atoms with Crippen molar-refractivity contribution < 1.29 is 14.6 Å². The largest absolute Gasteiger partial charge is 0.496 e. The fourth-order valence-corrected chi connectivity index (χ4v) is 3.34. The average molecular weight is 262 g/mol. The minimum atomic E-state index is -0.0434. The van der Waals surface area contributed by atoms with Crippen molar-refractivity contribution in [1.82, 2.24) is 0 Å². The molecule has 1 aromatic rings. The van der Waals surface area contributed by atoms with Crippen LogP contribution in [0.15, 0.2) is 18.2 Å². The van der Waals surface area contributed by atoms with E-state index in [0.717, 1.165) is 25.0 Å². The molecule has 104 valence electrons. The van der Waals surface area contributed by atoms with Crippen LogP contribution in [0.25, 0.3) is 0 Å². The summed E-state index contributed by atoms with van der Waals surface area (Å²) < 4.78 is 11.1. The Kier molecular flexibility index (Phi) is 3.06. The third kappa shape index (κ3) is 1.72. The molecule has 3 heteroatoms. The quantitative estimate of drug-likeness (QED) is 0.885. The smallest absolute Gasteiger partial charge is 0.122 e. The van der Waals surface area contributed by atoms with E-state index in [0.29, 0.717) is 13.2 Å². The van der Waals surface area contributed by atoms with Crippen LogP contribution in [0.5, 0.6) is 5.75 Å². The van der Waals surface area contributed by atoms with Crippen LogP contribution < -0.4 is 4.74 Å². The summed E-state index contributed by atoms with van der Waals surface area (Å²) in [5.41, 5.74) is 2.52. The molecule has 1 heterocycles. The van der Waals surface area contributed by atoms with E-state index in [1.165, 1.54) is 11.1 Å². The normalized spacial score (nSPS) is 22.7. The van der Waals surface area contributed by atoms with Crippen LogP contribution in [0.4, 0.5) is 0 Å². The summed E-state index contributed by atoms with van der Waals surface area (Å²) in [5.74, 6) is 0.931. The van der Waals surface area contributed by atoms with Crippen LogP contribution >= 0.6 is 0 Å². The molecule has 1 saturated heterocycles. The Bertz CT molecular complexity index is 473. The summed E-state index contributed by atoms with van der Waals surface area (Å²) in [6.45, 7) is 3.82. The molecule has 1 N–H and O–H groups in total. The average Bonchev–Trinajstić information content (AvgIpc) is 3.18. The second kappa shape index (κ2) is 4.50. The Balaban J connectivity index is 2.08.